The SMILES string of the molecule is Cn1nc(C(C)(C)NC(=O)[C@H]2[C@@H]3CN(C(=O)OC(C)(C)C)C[C@@H]32)c2cc(F)ccc21. The number of likely N-dealkylation sites (tertiary alicyclic amines) is 1. The minimum Gasteiger partial charge on any atom is -0.444 e. The Bertz CT molecular complexity index is 1010. The van der Waals surface area contributed by atoms with E-state index in [1.165, 1.54) is 12.1 Å². The molecule has 7 nitrogen and oxygen atoms in total. The molecule has 1 aliphatic heterocycles. The summed E-state index contributed by atoms with van der Waals surface area (Å²) in [5.41, 5.74) is 0.154. The Labute approximate surface area is 175 Å². The second-order valence-electron chi connectivity index (χ2n) is 9.99. The van der Waals surface area contributed by atoms with Gasteiger partial charge in [-0.25, -0.2) is 9.18 Å². The van der Waals surface area contributed by atoms with E-state index in [1.807, 2.05) is 34.6 Å². The molecule has 3 atom stereocenters. The van der Waals surface area contributed by atoms with Crippen LogP contribution in [0.4, 0.5) is 9.18 Å². The molecule has 0 bridgehead atoms. The lowest BCUT2D eigenvalue weighted by Gasteiger charge is -2.27. The molecule has 1 saturated heterocycles. The summed E-state index contributed by atoms with van der Waals surface area (Å²) in [6.45, 7) is 10.4. The number of benzene rings is 1. The van der Waals surface area contributed by atoms with Crippen LogP contribution in [-0.4, -0.2) is 45.4 Å². The van der Waals surface area contributed by atoms with Crippen molar-refractivity contribution in [3.8, 4) is 0 Å². The van der Waals surface area contributed by atoms with E-state index < -0.39 is 11.1 Å². The third-order valence-corrected chi connectivity index (χ3v) is 5.99. The van der Waals surface area contributed by atoms with Crippen LogP contribution in [-0.2, 0) is 22.1 Å². The standard InChI is InChI=1S/C22H29FN4O3/c1-21(2,3)30-20(29)27-10-14-15(11-27)17(14)19(28)24-22(4,5)18-13-9-12(23)7-8-16(13)26(6)25-18/h7-9,14-15,17H,10-11H2,1-6H3,(H,24,28)/t14-,15+,17+. The van der Waals surface area contributed by atoms with Gasteiger partial charge >= 0.3 is 6.09 Å². The van der Waals surface area contributed by atoms with Gasteiger partial charge in [0.05, 0.1) is 16.7 Å². The fourth-order valence-electron chi connectivity index (χ4n) is 4.54. The van der Waals surface area contributed by atoms with Gasteiger partial charge in [-0.2, -0.15) is 5.10 Å². The molecule has 4 rings (SSSR count). The fourth-order valence-corrected chi connectivity index (χ4v) is 4.54. The quantitative estimate of drug-likeness (QED) is 0.834. The Morgan fingerprint density at radius 2 is 1.80 bits per heavy atom. The summed E-state index contributed by atoms with van der Waals surface area (Å²) < 4.78 is 20.9. The first-order valence-corrected chi connectivity index (χ1v) is 10.3. The van der Waals surface area contributed by atoms with Crippen LogP contribution in [0.3, 0.4) is 0 Å². The summed E-state index contributed by atoms with van der Waals surface area (Å²) in [7, 11) is 1.80. The Hall–Kier alpha value is -2.64. The van der Waals surface area contributed by atoms with E-state index in [4.69, 9.17) is 4.74 Å². The van der Waals surface area contributed by atoms with Crippen molar-refractivity contribution in [1.82, 2.24) is 20.0 Å². The molecule has 30 heavy (non-hydrogen) atoms. The minimum absolute atomic E-state index is 0.0472. The molecule has 8 heteroatoms. The number of ether oxygens (including phenoxy) is 1. The molecule has 2 fully saturated rings. The van der Waals surface area contributed by atoms with Gasteiger partial charge in [0.1, 0.15) is 11.4 Å². The van der Waals surface area contributed by atoms with Crippen LogP contribution in [0, 0.1) is 23.6 Å². The number of aryl methyl sites for hydroxylation is 1. The number of aromatic nitrogens is 2. The Kier molecular flexibility index (Phi) is 4.60. The van der Waals surface area contributed by atoms with E-state index in [0.29, 0.717) is 24.2 Å². The molecule has 1 aromatic carbocycles. The predicted molar refractivity (Wildman–Crippen MR) is 110 cm³/mol. The van der Waals surface area contributed by atoms with Crippen molar-refractivity contribution in [2.24, 2.45) is 24.8 Å². The summed E-state index contributed by atoms with van der Waals surface area (Å²) in [5, 5.41) is 8.33. The van der Waals surface area contributed by atoms with Crippen LogP contribution < -0.4 is 5.32 Å². The van der Waals surface area contributed by atoms with Crippen molar-refractivity contribution < 1.29 is 18.7 Å². The van der Waals surface area contributed by atoms with E-state index in [2.05, 4.69) is 10.4 Å². The Balaban J connectivity index is 1.43. The number of nitrogens with zero attached hydrogens (tertiary/aromatic N) is 3. The van der Waals surface area contributed by atoms with Gasteiger partial charge in [0, 0.05) is 31.4 Å². The molecule has 0 unspecified atom stereocenters. The average Bonchev–Trinajstić information content (AvgIpc) is 2.93. The zero-order chi connectivity index (χ0) is 22.0. The third kappa shape index (κ3) is 3.63. The van der Waals surface area contributed by atoms with Crippen molar-refractivity contribution in [1.29, 1.82) is 0 Å². The molecule has 1 aromatic heterocycles. The Morgan fingerprint density at radius 1 is 1.17 bits per heavy atom. The molecule has 2 aromatic rings. The van der Waals surface area contributed by atoms with Gasteiger partial charge < -0.3 is 15.0 Å². The van der Waals surface area contributed by atoms with Crippen LogP contribution in [0.15, 0.2) is 18.2 Å². The largest absolute Gasteiger partial charge is 0.444 e. The van der Waals surface area contributed by atoms with Crippen molar-refractivity contribution >= 4 is 22.9 Å². The molecular formula is C22H29FN4O3. The molecule has 0 spiro atoms. The maximum Gasteiger partial charge on any atom is 0.410 e. The average molecular weight is 416 g/mol. The van der Waals surface area contributed by atoms with Gasteiger partial charge in [-0.3, -0.25) is 9.48 Å². The molecule has 2 aliphatic rings. The predicted octanol–water partition coefficient (Wildman–Crippen LogP) is 3.18. The number of amides is 2. The maximum absolute atomic E-state index is 13.8. The molecule has 0 radical (unpaired) electrons. The number of hydrogen-bond donors (Lipinski definition) is 1. The van der Waals surface area contributed by atoms with Gasteiger partial charge in [-0.05, 0) is 64.7 Å². The van der Waals surface area contributed by atoms with E-state index in [1.54, 1.807) is 22.7 Å². The second-order valence-corrected chi connectivity index (χ2v) is 9.99. The number of nitrogens with one attached hydrogen (secondary N) is 1. The van der Waals surface area contributed by atoms with Gasteiger partial charge in [-0.1, -0.05) is 0 Å². The molecule has 1 aliphatic carbocycles. The van der Waals surface area contributed by atoms with E-state index >= 15 is 0 Å². The zero-order valence-corrected chi connectivity index (χ0v) is 18.3. The summed E-state index contributed by atoms with van der Waals surface area (Å²) in [6.07, 6.45) is -0.323. The first kappa shape index (κ1) is 20.6. The van der Waals surface area contributed by atoms with E-state index in [9.17, 15) is 14.0 Å². The normalized spacial score (nSPS) is 23.4. The summed E-state index contributed by atoms with van der Waals surface area (Å²) in [5.74, 6) is -0.181. The fraction of sp³-hybridized carbons (Fsp3) is 0.591. The van der Waals surface area contributed by atoms with Crippen LogP contribution >= 0.6 is 0 Å². The molecule has 1 saturated carbocycles. The van der Waals surface area contributed by atoms with Crippen molar-refractivity contribution in [2.75, 3.05) is 13.1 Å². The number of halogens is 1. The number of fused-ring (bicyclic) bond motifs is 2. The van der Waals surface area contributed by atoms with Crippen molar-refractivity contribution in [2.45, 2.75) is 45.8 Å². The summed E-state index contributed by atoms with van der Waals surface area (Å²) in [6, 6.07) is 4.55. The number of piperidine rings is 1. The van der Waals surface area contributed by atoms with Crippen LogP contribution in [0.5, 0.6) is 0 Å². The van der Waals surface area contributed by atoms with Gasteiger partial charge in [-0.15, -0.1) is 0 Å². The maximum atomic E-state index is 13.8. The van der Waals surface area contributed by atoms with E-state index in [0.717, 1.165) is 5.52 Å². The number of carbonyl (C=O) groups is 2. The van der Waals surface area contributed by atoms with Gasteiger partial charge in [0.15, 0.2) is 0 Å². The van der Waals surface area contributed by atoms with Gasteiger partial charge in [0.25, 0.3) is 0 Å². The van der Waals surface area contributed by atoms with Crippen molar-refractivity contribution in [3.63, 3.8) is 0 Å². The highest BCUT2D eigenvalue weighted by molar-refractivity contribution is 5.87. The second kappa shape index (κ2) is 6.68. The lowest BCUT2D eigenvalue weighted by atomic mass is 9.96. The van der Waals surface area contributed by atoms with Crippen LogP contribution in [0.1, 0.15) is 40.3 Å². The van der Waals surface area contributed by atoms with Crippen molar-refractivity contribution in [3.05, 3.63) is 29.7 Å². The topological polar surface area (TPSA) is 76.5 Å². The number of hydrogen-bond acceptors (Lipinski definition) is 4. The highest BCUT2D eigenvalue weighted by Gasteiger charge is 2.61. The van der Waals surface area contributed by atoms with Crippen LogP contribution in [0.25, 0.3) is 10.9 Å². The van der Waals surface area contributed by atoms with Crippen LogP contribution in [0.2, 0.25) is 0 Å². The molecular weight excluding hydrogens is 387 g/mol. The highest BCUT2D eigenvalue weighted by atomic mass is 19.1. The number of carbonyl (C=O) groups excluding carboxylic acids is 2. The molecule has 2 heterocycles. The summed E-state index contributed by atoms with van der Waals surface area (Å²) in [4.78, 5) is 26.9. The molecule has 1 N–H and O–H groups in total. The zero-order valence-electron chi connectivity index (χ0n) is 18.3. The monoisotopic (exact) mass is 416 g/mol. The minimum atomic E-state index is -0.758. The third-order valence-electron chi connectivity index (χ3n) is 5.99. The summed E-state index contributed by atoms with van der Waals surface area (Å²) >= 11 is 0. The number of rotatable bonds is 3. The highest BCUT2D eigenvalue weighted by Crippen LogP contribution is 2.52. The molecule has 2 amide bonds. The van der Waals surface area contributed by atoms with E-state index in [-0.39, 0.29) is 35.6 Å². The van der Waals surface area contributed by atoms with Gasteiger partial charge in [0.2, 0.25) is 5.91 Å². The first-order valence-electron chi connectivity index (χ1n) is 10.3. The molecule has 162 valence electrons. The smallest absolute Gasteiger partial charge is 0.410 e. The lowest BCUT2D eigenvalue weighted by Crippen LogP contribution is -2.44. The lowest BCUT2D eigenvalue weighted by molar-refractivity contribution is -0.125. The first-order chi connectivity index (χ1) is 13.9. The Morgan fingerprint density at radius 3 is 2.40 bits per heavy atom.